The van der Waals surface area contributed by atoms with Gasteiger partial charge in [-0.05, 0) is 6.42 Å². The third-order valence-electron chi connectivity index (χ3n) is 2.01. The fourth-order valence-corrected chi connectivity index (χ4v) is 0.501. The molecule has 0 aromatic rings. The van der Waals surface area contributed by atoms with Crippen LogP contribution in [0.5, 0.6) is 0 Å². The molecule has 0 amide bonds. The molecule has 25 heavy (non-hydrogen) atoms. The standard InChI is InChI=1S/C5H10O2.3C3H8O3/c1-2-3-4-5(6)7;3*4-1-3(6)2-5/h2-4H2,1H3,(H,6,7);3*3-6H,1-2H2. The van der Waals surface area contributed by atoms with E-state index in [0.717, 1.165) is 12.8 Å². The second-order valence-corrected chi connectivity index (χ2v) is 4.55. The Bertz CT molecular complexity index is 205. The first kappa shape index (κ1) is 31.8. The molecule has 0 aliphatic heterocycles. The van der Waals surface area contributed by atoms with Gasteiger partial charge in [-0.1, -0.05) is 13.3 Å². The van der Waals surface area contributed by atoms with Crippen LogP contribution in [0.3, 0.4) is 0 Å². The van der Waals surface area contributed by atoms with Crippen molar-refractivity contribution in [2.24, 2.45) is 0 Å². The molecule has 156 valence electrons. The lowest BCUT2D eigenvalue weighted by Gasteiger charge is -1.96. The van der Waals surface area contributed by atoms with E-state index >= 15 is 0 Å². The Morgan fingerprint density at radius 2 is 0.920 bits per heavy atom. The molecule has 0 atom stereocenters. The number of rotatable bonds is 9. The maximum atomic E-state index is 9.76. The fourth-order valence-electron chi connectivity index (χ4n) is 0.501. The zero-order valence-electron chi connectivity index (χ0n) is 14.5. The molecule has 11 nitrogen and oxygen atoms in total. The van der Waals surface area contributed by atoms with E-state index in [1.807, 2.05) is 6.92 Å². The van der Waals surface area contributed by atoms with Crippen LogP contribution < -0.4 is 0 Å². The predicted octanol–water partition coefficient (Wildman–Crippen LogP) is -3.74. The van der Waals surface area contributed by atoms with Gasteiger partial charge in [-0.3, -0.25) is 4.79 Å². The third kappa shape index (κ3) is 45.1. The first-order valence-corrected chi connectivity index (χ1v) is 7.61. The monoisotopic (exact) mass is 378 g/mol. The number of hydrogen-bond acceptors (Lipinski definition) is 10. The van der Waals surface area contributed by atoms with E-state index in [1.165, 1.54) is 0 Å². The summed E-state index contributed by atoms with van der Waals surface area (Å²) >= 11 is 0. The van der Waals surface area contributed by atoms with Gasteiger partial charge in [0.05, 0.1) is 39.6 Å². The maximum Gasteiger partial charge on any atom is 0.303 e. The SMILES string of the molecule is CCCCC(=O)O.OCC(O)CO.OCC(O)CO.OCC(O)CO. The van der Waals surface area contributed by atoms with Gasteiger partial charge in [0.1, 0.15) is 18.3 Å². The Balaban J connectivity index is -0.000000118. The van der Waals surface area contributed by atoms with Crippen molar-refractivity contribution >= 4 is 5.97 Å². The molecule has 0 aromatic heterocycles. The Morgan fingerprint density at radius 3 is 0.960 bits per heavy atom. The summed E-state index contributed by atoms with van der Waals surface area (Å²) in [4.78, 5) is 9.76. The second kappa shape index (κ2) is 27.9. The van der Waals surface area contributed by atoms with Crippen LogP contribution in [0.15, 0.2) is 0 Å². The molecule has 0 aliphatic carbocycles. The van der Waals surface area contributed by atoms with E-state index in [2.05, 4.69) is 0 Å². The number of hydrogen-bond donors (Lipinski definition) is 10. The van der Waals surface area contributed by atoms with Crippen molar-refractivity contribution in [1.29, 1.82) is 0 Å². The molecule has 0 radical (unpaired) electrons. The van der Waals surface area contributed by atoms with Crippen molar-refractivity contribution in [1.82, 2.24) is 0 Å². The Morgan fingerprint density at radius 1 is 0.680 bits per heavy atom. The zero-order valence-corrected chi connectivity index (χ0v) is 14.5. The maximum absolute atomic E-state index is 9.76. The quantitative estimate of drug-likeness (QED) is 0.188. The van der Waals surface area contributed by atoms with Gasteiger partial charge in [0.15, 0.2) is 0 Å². The van der Waals surface area contributed by atoms with Crippen LogP contribution in [0.1, 0.15) is 26.2 Å². The lowest BCUT2D eigenvalue weighted by molar-refractivity contribution is -0.137. The van der Waals surface area contributed by atoms with Crippen molar-refractivity contribution < 1.29 is 55.9 Å². The minimum atomic E-state index is -0.954. The van der Waals surface area contributed by atoms with Crippen LogP contribution in [-0.2, 0) is 4.79 Å². The van der Waals surface area contributed by atoms with Crippen LogP contribution in [-0.4, -0.2) is 115 Å². The molecule has 0 fully saturated rings. The minimum Gasteiger partial charge on any atom is -0.481 e. The van der Waals surface area contributed by atoms with E-state index in [4.69, 9.17) is 51.1 Å². The van der Waals surface area contributed by atoms with Crippen molar-refractivity contribution in [3.05, 3.63) is 0 Å². The molecule has 0 rings (SSSR count). The highest BCUT2D eigenvalue weighted by Gasteiger charge is 1.95. The molecule has 0 aliphatic rings. The molecule has 0 saturated carbocycles. The molecule has 0 spiro atoms. The molecule has 0 unspecified atom stereocenters. The first-order valence-electron chi connectivity index (χ1n) is 7.61. The molecule has 0 heterocycles. The average Bonchev–Trinajstić information content (AvgIpc) is 2.65. The molecular formula is C14H34O11. The third-order valence-corrected chi connectivity index (χ3v) is 2.01. The number of aliphatic carboxylic acids is 1. The van der Waals surface area contributed by atoms with Crippen molar-refractivity contribution in [3.8, 4) is 0 Å². The number of carbonyl (C=O) groups is 1. The first-order chi connectivity index (χ1) is 11.7. The van der Waals surface area contributed by atoms with Gasteiger partial charge in [-0.15, -0.1) is 0 Å². The lowest BCUT2D eigenvalue weighted by Crippen LogP contribution is -2.15. The fraction of sp³-hybridized carbons (Fsp3) is 0.929. The molecule has 0 bridgehead atoms. The van der Waals surface area contributed by atoms with Crippen LogP contribution >= 0.6 is 0 Å². The summed E-state index contributed by atoms with van der Waals surface area (Å²) < 4.78 is 0. The second-order valence-electron chi connectivity index (χ2n) is 4.55. The highest BCUT2D eigenvalue weighted by molar-refractivity contribution is 5.66. The summed E-state index contributed by atoms with van der Waals surface area (Å²) in [7, 11) is 0. The van der Waals surface area contributed by atoms with E-state index in [0.29, 0.717) is 6.42 Å². The van der Waals surface area contributed by atoms with E-state index in [1.54, 1.807) is 0 Å². The Labute approximate surface area is 147 Å². The van der Waals surface area contributed by atoms with Crippen molar-refractivity contribution in [2.45, 2.75) is 44.5 Å². The van der Waals surface area contributed by atoms with Crippen molar-refractivity contribution in [2.75, 3.05) is 39.6 Å². The largest absolute Gasteiger partial charge is 0.481 e. The summed E-state index contributed by atoms with van der Waals surface area (Å²) in [6, 6.07) is 0. The summed E-state index contributed by atoms with van der Waals surface area (Å²) in [6.45, 7) is -0.212. The van der Waals surface area contributed by atoms with E-state index in [9.17, 15) is 4.79 Å². The van der Waals surface area contributed by atoms with Gasteiger partial charge in [0.25, 0.3) is 0 Å². The smallest absolute Gasteiger partial charge is 0.303 e. The number of unbranched alkanes of at least 4 members (excludes halogenated alkanes) is 1. The van der Waals surface area contributed by atoms with Crippen LogP contribution in [0.25, 0.3) is 0 Å². The topological polar surface area (TPSA) is 219 Å². The summed E-state index contributed by atoms with van der Waals surface area (Å²) in [5.74, 6) is -0.693. The average molecular weight is 378 g/mol. The van der Waals surface area contributed by atoms with Crippen LogP contribution in [0.4, 0.5) is 0 Å². The lowest BCUT2D eigenvalue weighted by atomic mass is 10.3. The van der Waals surface area contributed by atoms with Gasteiger partial charge in [0, 0.05) is 6.42 Å². The molecule has 0 saturated heterocycles. The molecule has 10 N–H and O–H groups in total. The normalized spacial score (nSPS) is 9.64. The van der Waals surface area contributed by atoms with Gasteiger partial charge in [0.2, 0.25) is 0 Å². The summed E-state index contributed by atoms with van der Waals surface area (Å²) in [5.41, 5.74) is 0. The van der Waals surface area contributed by atoms with Gasteiger partial charge >= 0.3 is 5.97 Å². The predicted molar refractivity (Wildman–Crippen MR) is 87.7 cm³/mol. The highest BCUT2D eigenvalue weighted by Crippen LogP contribution is 1.91. The summed E-state index contributed by atoms with van der Waals surface area (Å²) in [5, 5.41) is 80.1. The number of carboxylic acid groups (broad SMARTS) is 1. The van der Waals surface area contributed by atoms with E-state index in [-0.39, 0.29) is 39.6 Å². The van der Waals surface area contributed by atoms with Crippen LogP contribution in [0, 0.1) is 0 Å². The van der Waals surface area contributed by atoms with Gasteiger partial charge < -0.3 is 51.1 Å². The van der Waals surface area contributed by atoms with Crippen molar-refractivity contribution in [3.63, 3.8) is 0 Å². The zero-order chi connectivity index (χ0) is 20.7. The highest BCUT2D eigenvalue weighted by atomic mass is 16.4. The summed E-state index contributed by atoms with van der Waals surface area (Å²) in [6.07, 6.45) is -0.780. The minimum absolute atomic E-state index is 0.316. The Kier molecular flexibility index (Phi) is 35.6. The number of aliphatic hydroxyl groups excluding tert-OH is 9. The van der Waals surface area contributed by atoms with Gasteiger partial charge in [-0.2, -0.15) is 0 Å². The van der Waals surface area contributed by atoms with Gasteiger partial charge in [-0.25, -0.2) is 0 Å². The molecular weight excluding hydrogens is 344 g/mol. The van der Waals surface area contributed by atoms with Crippen LogP contribution in [0.2, 0.25) is 0 Å². The Hall–Kier alpha value is -0.890. The van der Waals surface area contributed by atoms with E-state index < -0.39 is 24.3 Å². The number of aliphatic hydroxyl groups is 9. The molecule has 11 heteroatoms. The molecule has 0 aromatic carbocycles. The number of carboxylic acids is 1.